The monoisotopic (exact) mass is 432 g/mol. The van der Waals surface area contributed by atoms with E-state index in [-0.39, 0.29) is 29.6 Å². The van der Waals surface area contributed by atoms with E-state index >= 15 is 0 Å². The fourth-order valence-electron chi connectivity index (χ4n) is 3.95. The van der Waals surface area contributed by atoms with Crippen LogP contribution in [0.2, 0.25) is 10.0 Å². The fourth-order valence-corrected chi connectivity index (χ4v) is 4.31. The van der Waals surface area contributed by atoms with Gasteiger partial charge in [-0.05, 0) is 44.0 Å². The fraction of sp³-hybridized carbons (Fsp3) is 0.391. The normalized spacial score (nSPS) is 16.4. The van der Waals surface area contributed by atoms with Crippen molar-refractivity contribution in [2.24, 2.45) is 5.92 Å². The molecule has 2 atom stereocenters. The molecule has 1 aliphatic rings. The van der Waals surface area contributed by atoms with Crippen LogP contribution < -0.4 is 10.6 Å². The molecule has 1 amide bonds. The number of aryl methyl sites for hydroxylation is 1. The number of nitrogens with one attached hydrogen (secondary N) is 2. The number of hydrogen-bond donors (Lipinski definition) is 3. The summed E-state index contributed by atoms with van der Waals surface area (Å²) in [7, 11) is 0. The molecule has 1 aliphatic carbocycles. The number of rotatable bonds is 7. The lowest BCUT2D eigenvalue weighted by molar-refractivity contribution is -0.623. The van der Waals surface area contributed by atoms with Crippen molar-refractivity contribution in [3.05, 3.63) is 63.6 Å². The van der Waals surface area contributed by atoms with Gasteiger partial charge in [-0.15, -0.1) is 0 Å². The van der Waals surface area contributed by atoms with E-state index in [1.165, 1.54) is 0 Å². The maximum atomic E-state index is 12.7. The van der Waals surface area contributed by atoms with E-state index in [2.05, 4.69) is 10.6 Å². The third-order valence-corrected chi connectivity index (χ3v) is 6.26. The van der Waals surface area contributed by atoms with Gasteiger partial charge in [0.2, 0.25) is 0 Å². The standard InChI is InChI=1S/C23H27Cl2N3O/c1-14-13-18(25)11-12-20(14)28-22(16-7-9-17(24)10-8-16)15(2)21(26)23(29)27-19-5-3-4-6-19/h7-13,15,19,22,26,28H,3-6H2,1-2H3,(H,27,29)/p+1. The van der Waals surface area contributed by atoms with Gasteiger partial charge >= 0.3 is 0 Å². The number of benzene rings is 2. The van der Waals surface area contributed by atoms with Crippen LogP contribution in [0.1, 0.15) is 49.8 Å². The van der Waals surface area contributed by atoms with Gasteiger partial charge in [-0.2, -0.15) is 0 Å². The first-order valence-electron chi connectivity index (χ1n) is 10.1. The van der Waals surface area contributed by atoms with Gasteiger partial charge in [0.05, 0.1) is 5.92 Å². The third-order valence-electron chi connectivity index (χ3n) is 5.77. The molecule has 3 rings (SSSR count). The Morgan fingerprint density at radius 3 is 2.34 bits per heavy atom. The first-order chi connectivity index (χ1) is 13.8. The van der Waals surface area contributed by atoms with E-state index in [4.69, 9.17) is 28.6 Å². The molecule has 0 bridgehead atoms. The minimum atomic E-state index is -0.285. The number of carbonyl (C=O) groups excluding carboxylic acids is 1. The summed E-state index contributed by atoms with van der Waals surface area (Å²) < 4.78 is 0. The van der Waals surface area contributed by atoms with Crippen LogP contribution >= 0.6 is 23.2 Å². The Morgan fingerprint density at radius 1 is 1.10 bits per heavy atom. The third kappa shape index (κ3) is 5.59. The number of quaternary nitrogens is 1. The lowest BCUT2D eigenvalue weighted by atomic mass is 9.89. The van der Waals surface area contributed by atoms with Crippen molar-refractivity contribution in [2.75, 3.05) is 0 Å². The molecule has 0 aliphatic heterocycles. The van der Waals surface area contributed by atoms with Crippen LogP contribution in [0.5, 0.6) is 0 Å². The molecular formula is C23H28Cl2N3O+. The quantitative estimate of drug-likeness (QED) is 0.420. The number of amides is 1. The summed E-state index contributed by atoms with van der Waals surface area (Å²) in [4.78, 5) is 12.7. The first-order valence-corrected chi connectivity index (χ1v) is 10.9. The number of nitrogens with two attached hydrogens (primary N) is 1. The SMILES string of the molecule is Cc1cc(Cl)ccc1[NH2+]C(c1ccc(Cl)cc1)C(C)C(=N)C(=O)NC1CCCC1. The average molecular weight is 433 g/mol. The molecule has 4 N–H and O–H groups in total. The van der Waals surface area contributed by atoms with Gasteiger partial charge in [0.15, 0.2) is 0 Å². The molecule has 6 heteroatoms. The highest BCUT2D eigenvalue weighted by Crippen LogP contribution is 2.25. The summed E-state index contributed by atoms with van der Waals surface area (Å²) in [6.07, 6.45) is 4.30. The van der Waals surface area contributed by atoms with Crippen LogP contribution in [-0.4, -0.2) is 17.7 Å². The molecule has 2 aromatic rings. The number of halogens is 2. The Morgan fingerprint density at radius 2 is 1.72 bits per heavy atom. The second kappa shape index (κ2) is 9.75. The van der Waals surface area contributed by atoms with E-state index in [1.54, 1.807) is 0 Å². The van der Waals surface area contributed by atoms with Gasteiger partial charge in [0, 0.05) is 33.3 Å². The van der Waals surface area contributed by atoms with Gasteiger partial charge in [-0.3, -0.25) is 10.2 Å². The lowest BCUT2D eigenvalue weighted by Crippen LogP contribution is -2.81. The van der Waals surface area contributed by atoms with Crippen LogP contribution in [0.3, 0.4) is 0 Å². The summed E-state index contributed by atoms with van der Waals surface area (Å²) in [5, 5.41) is 15.1. The minimum Gasteiger partial charge on any atom is -0.348 e. The van der Waals surface area contributed by atoms with Crippen LogP contribution in [0, 0.1) is 18.3 Å². The largest absolute Gasteiger partial charge is 0.348 e. The zero-order valence-corrected chi connectivity index (χ0v) is 18.4. The molecule has 29 heavy (non-hydrogen) atoms. The summed E-state index contributed by atoms with van der Waals surface area (Å²) in [5.41, 5.74) is 3.24. The second-order valence-electron chi connectivity index (χ2n) is 7.90. The predicted molar refractivity (Wildman–Crippen MR) is 119 cm³/mol. The second-order valence-corrected chi connectivity index (χ2v) is 8.77. The molecule has 0 aromatic heterocycles. The van der Waals surface area contributed by atoms with Crippen LogP contribution in [-0.2, 0) is 4.79 Å². The summed E-state index contributed by atoms with van der Waals surface area (Å²) >= 11 is 12.2. The van der Waals surface area contributed by atoms with Gasteiger partial charge < -0.3 is 10.6 Å². The van der Waals surface area contributed by atoms with Gasteiger partial charge in [0.25, 0.3) is 5.91 Å². The summed E-state index contributed by atoms with van der Waals surface area (Å²) in [6.45, 7) is 3.96. The Balaban J connectivity index is 1.83. The molecule has 1 saturated carbocycles. The maximum absolute atomic E-state index is 12.7. The highest BCUT2D eigenvalue weighted by molar-refractivity contribution is 6.38. The van der Waals surface area contributed by atoms with Gasteiger partial charge in [-0.25, -0.2) is 0 Å². The van der Waals surface area contributed by atoms with Crippen molar-refractivity contribution in [2.45, 2.75) is 51.6 Å². The van der Waals surface area contributed by atoms with Crippen LogP contribution in [0.4, 0.5) is 5.69 Å². The zero-order valence-electron chi connectivity index (χ0n) is 16.8. The molecule has 0 saturated heterocycles. The Bertz CT molecular complexity index is 876. The van der Waals surface area contributed by atoms with Crippen LogP contribution in [0.25, 0.3) is 0 Å². The van der Waals surface area contributed by atoms with E-state index in [0.29, 0.717) is 10.0 Å². The van der Waals surface area contributed by atoms with E-state index in [0.717, 1.165) is 42.5 Å². The van der Waals surface area contributed by atoms with Crippen molar-refractivity contribution in [1.82, 2.24) is 5.32 Å². The predicted octanol–water partition coefficient (Wildman–Crippen LogP) is 4.95. The van der Waals surface area contributed by atoms with Crippen molar-refractivity contribution in [1.29, 1.82) is 5.41 Å². The van der Waals surface area contributed by atoms with E-state index < -0.39 is 0 Å². The molecule has 2 unspecified atom stereocenters. The summed E-state index contributed by atoms with van der Waals surface area (Å²) in [6, 6.07) is 13.5. The lowest BCUT2D eigenvalue weighted by Gasteiger charge is -2.24. The topological polar surface area (TPSA) is 69.6 Å². The average Bonchev–Trinajstić information content (AvgIpc) is 3.20. The van der Waals surface area contributed by atoms with E-state index in [9.17, 15) is 4.79 Å². The highest BCUT2D eigenvalue weighted by atomic mass is 35.5. The Kier molecular flexibility index (Phi) is 7.33. The highest BCUT2D eigenvalue weighted by Gasteiger charge is 2.32. The van der Waals surface area contributed by atoms with Gasteiger partial charge in [0.1, 0.15) is 17.4 Å². The molecular weight excluding hydrogens is 405 g/mol. The molecule has 0 heterocycles. The molecule has 1 fully saturated rings. The molecule has 2 aromatic carbocycles. The van der Waals surface area contributed by atoms with Crippen LogP contribution in [0.15, 0.2) is 42.5 Å². The molecule has 154 valence electrons. The first kappa shape index (κ1) is 21.8. The smallest absolute Gasteiger partial charge is 0.265 e. The van der Waals surface area contributed by atoms with E-state index in [1.807, 2.05) is 56.3 Å². The summed E-state index contributed by atoms with van der Waals surface area (Å²) in [5.74, 6) is -0.544. The van der Waals surface area contributed by atoms with Crippen molar-refractivity contribution >= 4 is 40.5 Å². The zero-order chi connectivity index (χ0) is 21.0. The number of hydrogen-bond acceptors (Lipinski definition) is 2. The molecule has 0 radical (unpaired) electrons. The molecule has 0 spiro atoms. The Labute approximate surface area is 182 Å². The maximum Gasteiger partial charge on any atom is 0.265 e. The Hall–Kier alpha value is -1.88. The number of carbonyl (C=O) groups is 1. The minimum absolute atomic E-state index is 0.111. The van der Waals surface area contributed by atoms with Gasteiger partial charge in [-0.1, -0.05) is 55.1 Å². The van der Waals surface area contributed by atoms with Crippen molar-refractivity contribution in [3.63, 3.8) is 0 Å². The molecule has 4 nitrogen and oxygen atoms in total. The van der Waals surface area contributed by atoms with Crippen molar-refractivity contribution in [3.8, 4) is 0 Å². The van der Waals surface area contributed by atoms with Crippen molar-refractivity contribution < 1.29 is 10.1 Å².